The van der Waals surface area contributed by atoms with Crippen LogP contribution in [-0.4, -0.2) is 26.6 Å². The Labute approximate surface area is 160 Å². The van der Waals surface area contributed by atoms with Gasteiger partial charge in [0.15, 0.2) is 4.90 Å². The van der Waals surface area contributed by atoms with Crippen LogP contribution in [0.3, 0.4) is 0 Å². The molecule has 0 fully saturated rings. The molecule has 136 valence electrons. The van der Waals surface area contributed by atoms with Gasteiger partial charge in [0, 0.05) is 12.3 Å². The fourth-order valence-corrected chi connectivity index (χ4v) is 4.17. The summed E-state index contributed by atoms with van der Waals surface area (Å²) >= 11 is -1.46. The van der Waals surface area contributed by atoms with E-state index in [1.54, 1.807) is 19.4 Å². The van der Waals surface area contributed by atoms with Gasteiger partial charge in [-0.25, -0.2) is 0 Å². The molecule has 0 bridgehead atoms. The van der Waals surface area contributed by atoms with Crippen LogP contribution in [0.4, 0.5) is 0 Å². The molecule has 4 aromatic rings. The van der Waals surface area contributed by atoms with Gasteiger partial charge in [-0.3, -0.25) is 9.97 Å². The molecule has 0 saturated carbocycles. The van der Waals surface area contributed by atoms with Crippen molar-refractivity contribution in [3.63, 3.8) is 0 Å². The second-order valence-corrected chi connectivity index (χ2v) is 7.66. The van der Waals surface area contributed by atoms with Crippen LogP contribution in [0.15, 0.2) is 64.8 Å². The van der Waals surface area contributed by atoms with E-state index in [0.717, 1.165) is 27.7 Å². The first-order valence-electron chi connectivity index (χ1n) is 8.55. The molecule has 4 rings (SSSR count). The van der Waals surface area contributed by atoms with Crippen LogP contribution in [0.5, 0.6) is 5.75 Å². The average molecular weight is 377 g/mol. The highest BCUT2D eigenvalue weighted by molar-refractivity contribution is 7.91. The minimum Gasteiger partial charge on any atom is -0.604 e. The largest absolute Gasteiger partial charge is 0.604 e. The number of imidazole rings is 1. The molecular formula is C21H19N3O2S. The smallest absolute Gasteiger partial charge is 0.327 e. The molecule has 27 heavy (non-hydrogen) atoms. The summed E-state index contributed by atoms with van der Waals surface area (Å²) in [5.74, 6) is 0.704. The van der Waals surface area contributed by atoms with E-state index in [0.29, 0.717) is 21.5 Å². The summed E-state index contributed by atoms with van der Waals surface area (Å²) in [5, 5.41) is 0.439. The highest BCUT2D eigenvalue weighted by atomic mass is 32.2. The Bertz CT molecular complexity index is 1120. The Morgan fingerprint density at radius 3 is 2.70 bits per heavy atom. The van der Waals surface area contributed by atoms with Crippen LogP contribution < -0.4 is 4.74 Å². The summed E-state index contributed by atoms with van der Waals surface area (Å²) in [5.41, 5.74) is 5.50. The lowest BCUT2D eigenvalue weighted by atomic mass is 10.1. The number of aryl methyl sites for hydroxylation is 2. The zero-order valence-electron chi connectivity index (χ0n) is 15.3. The number of H-pyrrole nitrogens is 1. The van der Waals surface area contributed by atoms with Gasteiger partial charge in [-0.1, -0.05) is 18.2 Å². The van der Waals surface area contributed by atoms with Gasteiger partial charge >= 0.3 is 5.16 Å². The molecule has 5 nitrogen and oxygen atoms in total. The number of fused-ring (bicyclic) bond motifs is 1. The van der Waals surface area contributed by atoms with Crippen molar-refractivity contribution in [2.24, 2.45) is 0 Å². The van der Waals surface area contributed by atoms with E-state index in [9.17, 15) is 4.55 Å². The normalized spacial score (nSPS) is 12.3. The number of aromatic nitrogens is 3. The fraction of sp³-hybridized carbons (Fsp3) is 0.143. The molecule has 0 spiro atoms. The Balaban J connectivity index is 1.81. The van der Waals surface area contributed by atoms with Crippen molar-refractivity contribution in [1.29, 1.82) is 0 Å². The summed E-state index contributed by atoms with van der Waals surface area (Å²) in [6, 6.07) is 15.2. The Hall–Kier alpha value is -2.83. The minimum absolute atomic E-state index is 0.439. The van der Waals surface area contributed by atoms with Crippen LogP contribution in [0, 0.1) is 13.8 Å². The molecule has 0 radical (unpaired) electrons. The molecule has 2 aromatic heterocycles. The van der Waals surface area contributed by atoms with E-state index in [1.165, 1.54) is 0 Å². The molecule has 0 amide bonds. The lowest BCUT2D eigenvalue weighted by molar-refractivity contribution is 0.414. The highest BCUT2D eigenvalue weighted by Gasteiger charge is 2.24. The van der Waals surface area contributed by atoms with E-state index >= 15 is 0 Å². The first-order chi connectivity index (χ1) is 13.1. The van der Waals surface area contributed by atoms with E-state index in [-0.39, 0.29) is 0 Å². The van der Waals surface area contributed by atoms with Crippen molar-refractivity contribution in [3.8, 4) is 17.0 Å². The molecule has 1 N–H and O–H groups in total. The molecule has 1 unspecified atom stereocenters. The van der Waals surface area contributed by atoms with E-state index < -0.39 is 11.2 Å². The van der Waals surface area contributed by atoms with E-state index in [1.807, 2.05) is 56.3 Å². The second-order valence-electron chi connectivity index (χ2n) is 6.29. The lowest BCUT2D eigenvalue weighted by Gasteiger charge is -2.11. The number of nitrogens with one attached hydrogen (secondary N) is 1. The van der Waals surface area contributed by atoms with Gasteiger partial charge in [0.2, 0.25) is 0 Å². The van der Waals surface area contributed by atoms with Crippen LogP contribution >= 0.6 is 0 Å². The summed E-state index contributed by atoms with van der Waals surface area (Å²) in [6.07, 6.45) is 1.68. The van der Waals surface area contributed by atoms with Crippen molar-refractivity contribution in [1.82, 2.24) is 15.0 Å². The number of nitrogens with zero attached hydrogens (tertiary/aromatic N) is 2. The van der Waals surface area contributed by atoms with Gasteiger partial charge in [0.25, 0.3) is 0 Å². The monoisotopic (exact) mass is 377 g/mol. The summed E-state index contributed by atoms with van der Waals surface area (Å²) < 4.78 is 18.6. The predicted octanol–water partition coefficient (Wildman–Crippen LogP) is 4.42. The van der Waals surface area contributed by atoms with Crippen molar-refractivity contribution in [2.75, 3.05) is 7.11 Å². The van der Waals surface area contributed by atoms with E-state index in [4.69, 9.17) is 4.74 Å². The molecule has 0 aliphatic rings. The second kappa shape index (κ2) is 7.06. The number of aromatic amines is 1. The zero-order valence-corrected chi connectivity index (χ0v) is 16.1. The summed E-state index contributed by atoms with van der Waals surface area (Å²) in [6.45, 7) is 4.07. The number of pyridine rings is 1. The van der Waals surface area contributed by atoms with Gasteiger partial charge in [-0.2, -0.15) is 4.98 Å². The summed E-state index contributed by atoms with van der Waals surface area (Å²) in [7, 11) is 1.61. The Kier molecular flexibility index (Phi) is 4.59. The first-order valence-corrected chi connectivity index (χ1v) is 9.70. The first kappa shape index (κ1) is 17.6. The maximum absolute atomic E-state index is 13.3. The van der Waals surface area contributed by atoms with Crippen LogP contribution in [0.25, 0.3) is 22.3 Å². The third kappa shape index (κ3) is 3.18. The van der Waals surface area contributed by atoms with Gasteiger partial charge in [-0.05, 0) is 49.2 Å². The summed E-state index contributed by atoms with van der Waals surface area (Å²) in [4.78, 5) is 12.9. The maximum Gasteiger partial charge on any atom is 0.327 e. The van der Waals surface area contributed by atoms with Crippen molar-refractivity contribution in [2.45, 2.75) is 23.9 Å². The fourth-order valence-electron chi connectivity index (χ4n) is 3.01. The van der Waals surface area contributed by atoms with Gasteiger partial charge in [0.1, 0.15) is 5.75 Å². The molecule has 0 saturated heterocycles. The molecule has 2 aromatic carbocycles. The molecule has 6 heteroatoms. The Morgan fingerprint density at radius 1 is 1.07 bits per heavy atom. The molecule has 0 aliphatic heterocycles. The van der Waals surface area contributed by atoms with Crippen molar-refractivity contribution >= 4 is 22.2 Å². The number of benzene rings is 2. The standard InChI is InChI=1S/C21H19N3O2S/c1-13-8-9-17-20(14(13)2)24-21(23-17)27(25)19-7-5-4-6-16(19)18-12-15(26-3)10-11-22-18/h4-12H,1-3H3,(H,23,24). The number of ether oxygens (including phenoxy) is 1. The highest BCUT2D eigenvalue weighted by Crippen LogP contribution is 2.32. The maximum atomic E-state index is 13.3. The molecular weight excluding hydrogens is 358 g/mol. The van der Waals surface area contributed by atoms with Crippen LogP contribution in [0.2, 0.25) is 0 Å². The minimum atomic E-state index is -1.46. The quantitative estimate of drug-likeness (QED) is 0.534. The third-order valence-corrected chi connectivity index (χ3v) is 5.96. The van der Waals surface area contributed by atoms with Crippen molar-refractivity contribution in [3.05, 3.63) is 65.9 Å². The van der Waals surface area contributed by atoms with Crippen molar-refractivity contribution < 1.29 is 9.29 Å². The van der Waals surface area contributed by atoms with Crippen LogP contribution in [0.1, 0.15) is 11.1 Å². The molecule has 1 atom stereocenters. The van der Waals surface area contributed by atoms with Gasteiger partial charge < -0.3 is 9.29 Å². The van der Waals surface area contributed by atoms with Gasteiger partial charge in [-0.15, -0.1) is 0 Å². The molecule has 0 aliphatic carbocycles. The number of hydrogen-bond acceptors (Lipinski definition) is 4. The zero-order chi connectivity index (χ0) is 19.0. The van der Waals surface area contributed by atoms with Crippen LogP contribution in [-0.2, 0) is 11.2 Å². The number of rotatable bonds is 4. The topological polar surface area (TPSA) is 73.9 Å². The lowest BCUT2D eigenvalue weighted by Crippen LogP contribution is -2.06. The Morgan fingerprint density at radius 2 is 1.89 bits per heavy atom. The number of hydrogen-bond donors (Lipinski definition) is 1. The van der Waals surface area contributed by atoms with E-state index in [2.05, 4.69) is 15.0 Å². The molecule has 2 heterocycles. The SMILES string of the molecule is COc1ccnc(-c2ccccc2[S+]([O-])c2nc3c(C)c(C)ccc3[nH]2)c1. The average Bonchev–Trinajstić information content (AvgIpc) is 3.15. The number of methoxy groups -OCH3 is 1. The predicted molar refractivity (Wildman–Crippen MR) is 106 cm³/mol. The van der Waals surface area contributed by atoms with Gasteiger partial charge in [0.05, 0.1) is 40.6 Å². The third-order valence-electron chi connectivity index (χ3n) is 4.66.